The van der Waals surface area contributed by atoms with Crippen LogP contribution in [0.4, 0.5) is 0 Å². The van der Waals surface area contributed by atoms with Gasteiger partial charge in [0.15, 0.2) is 21.4 Å². The number of halogens is 2. The number of fused-ring (bicyclic) bond motifs is 1. The van der Waals surface area contributed by atoms with Crippen molar-refractivity contribution in [2.45, 2.75) is 36.8 Å². The Morgan fingerprint density at radius 2 is 1.93 bits per heavy atom. The number of hydrogen-bond acceptors (Lipinski definition) is 9. The SMILES string of the molecule is CCOC(=O)C1=C(C)N=c2s/c(=C/c3ccc(Sc4ccc(Cl)cc4)o3)c(=O)n2[C@@H]1c1cc(OC)c(OCC)cc1Br. The van der Waals surface area contributed by atoms with Gasteiger partial charge in [0.25, 0.3) is 5.56 Å². The molecular formula is C30H26BrClN2O6S2. The van der Waals surface area contributed by atoms with Crippen LogP contribution < -0.4 is 24.4 Å². The highest BCUT2D eigenvalue weighted by molar-refractivity contribution is 9.10. The second-order valence-electron chi connectivity index (χ2n) is 8.97. The van der Waals surface area contributed by atoms with Crippen molar-refractivity contribution in [1.82, 2.24) is 4.57 Å². The zero-order valence-corrected chi connectivity index (χ0v) is 27.1. The average molecular weight is 690 g/mol. The minimum Gasteiger partial charge on any atom is -0.493 e. The van der Waals surface area contributed by atoms with Crippen LogP contribution in [0.3, 0.4) is 0 Å². The number of ether oxygens (including phenoxy) is 3. The topological polar surface area (TPSA) is 92.3 Å². The van der Waals surface area contributed by atoms with E-state index in [4.69, 9.17) is 30.2 Å². The smallest absolute Gasteiger partial charge is 0.338 e. The Kier molecular flexibility index (Phi) is 9.32. The van der Waals surface area contributed by atoms with Gasteiger partial charge in [0.05, 0.1) is 42.2 Å². The first-order valence-corrected chi connectivity index (χ1v) is 15.8. The molecule has 0 saturated heterocycles. The lowest BCUT2D eigenvalue weighted by Crippen LogP contribution is -2.40. The van der Waals surface area contributed by atoms with E-state index < -0.39 is 12.0 Å². The standard InChI is InChI=1S/C30H26BrClN2O6S2/c1-5-38-23-15-21(31)20(14-22(23)37-4)27-26(29(36)39-6-2)16(3)33-30-34(27)28(35)24(42-30)13-18-9-12-25(40-18)41-19-10-7-17(32)8-11-19/h7-15,27H,5-6H2,1-4H3/b24-13+/t27-/m1/s1. The molecule has 8 nitrogen and oxygen atoms in total. The molecule has 1 aliphatic heterocycles. The molecule has 0 aliphatic carbocycles. The number of esters is 1. The minimum absolute atomic E-state index is 0.176. The number of furan rings is 1. The summed E-state index contributed by atoms with van der Waals surface area (Å²) in [5, 5.41) is 1.32. The summed E-state index contributed by atoms with van der Waals surface area (Å²) in [6.07, 6.45) is 1.68. The highest BCUT2D eigenvalue weighted by atomic mass is 79.9. The third-order valence-corrected chi connectivity index (χ3v) is 9.15. The molecule has 0 amide bonds. The number of methoxy groups -OCH3 is 1. The first-order chi connectivity index (χ1) is 20.2. The Labute approximate surface area is 263 Å². The summed E-state index contributed by atoms with van der Waals surface area (Å²) in [5.41, 5.74) is 1.04. The molecule has 1 aliphatic rings. The molecule has 0 radical (unpaired) electrons. The molecule has 0 saturated carbocycles. The van der Waals surface area contributed by atoms with Crippen LogP contribution in [0.1, 0.15) is 38.1 Å². The van der Waals surface area contributed by atoms with E-state index in [2.05, 4.69) is 20.9 Å². The molecule has 0 unspecified atom stereocenters. The molecule has 218 valence electrons. The van der Waals surface area contributed by atoms with E-state index in [1.54, 1.807) is 38.1 Å². The molecule has 5 rings (SSSR count). The van der Waals surface area contributed by atoms with Crippen LogP contribution in [-0.4, -0.2) is 30.9 Å². The zero-order chi connectivity index (χ0) is 30.0. The molecule has 3 heterocycles. The number of thiazole rings is 1. The maximum atomic E-state index is 14.0. The van der Waals surface area contributed by atoms with E-state index in [1.165, 1.54) is 34.8 Å². The van der Waals surface area contributed by atoms with Crippen molar-refractivity contribution in [2.24, 2.45) is 4.99 Å². The maximum Gasteiger partial charge on any atom is 0.338 e. The maximum absolute atomic E-state index is 14.0. The zero-order valence-electron chi connectivity index (χ0n) is 23.1. The highest BCUT2D eigenvalue weighted by Gasteiger charge is 2.35. The lowest BCUT2D eigenvalue weighted by Gasteiger charge is -2.26. The molecule has 0 N–H and O–H groups in total. The average Bonchev–Trinajstić information content (AvgIpc) is 3.53. The summed E-state index contributed by atoms with van der Waals surface area (Å²) in [6, 6.07) is 13.8. The van der Waals surface area contributed by atoms with E-state index in [-0.39, 0.29) is 17.7 Å². The summed E-state index contributed by atoms with van der Waals surface area (Å²) in [5.74, 6) is 0.967. The predicted molar refractivity (Wildman–Crippen MR) is 167 cm³/mol. The number of rotatable bonds is 9. The van der Waals surface area contributed by atoms with Gasteiger partial charge in [-0.1, -0.05) is 50.6 Å². The van der Waals surface area contributed by atoms with Gasteiger partial charge in [0.2, 0.25) is 0 Å². The van der Waals surface area contributed by atoms with Gasteiger partial charge in [0, 0.05) is 20.5 Å². The van der Waals surface area contributed by atoms with Gasteiger partial charge in [-0.25, -0.2) is 9.79 Å². The lowest BCUT2D eigenvalue weighted by atomic mass is 9.95. The Balaban J connectivity index is 1.62. The number of hydrogen-bond donors (Lipinski definition) is 0. The van der Waals surface area contributed by atoms with Crippen molar-refractivity contribution < 1.29 is 23.4 Å². The van der Waals surface area contributed by atoms with E-state index >= 15 is 0 Å². The number of carbonyl (C=O) groups is 1. The van der Waals surface area contributed by atoms with Gasteiger partial charge >= 0.3 is 5.97 Å². The van der Waals surface area contributed by atoms with Gasteiger partial charge in [-0.05, 0) is 74.9 Å². The summed E-state index contributed by atoms with van der Waals surface area (Å²) < 4.78 is 25.3. The van der Waals surface area contributed by atoms with Crippen LogP contribution in [0.25, 0.3) is 6.08 Å². The molecule has 0 fully saturated rings. The van der Waals surface area contributed by atoms with Crippen molar-refractivity contribution in [3.63, 3.8) is 0 Å². The fourth-order valence-corrected chi connectivity index (χ4v) is 6.96. The monoisotopic (exact) mass is 688 g/mol. The van der Waals surface area contributed by atoms with Crippen molar-refractivity contribution in [3.8, 4) is 11.5 Å². The van der Waals surface area contributed by atoms with Crippen LogP contribution in [0.15, 0.2) is 88.5 Å². The molecule has 42 heavy (non-hydrogen) atoms. The van der Waals surface area contributed by atoms with Crippen LogP contribution in [0.5, 0.6) is 11.5 Å². The summed E-state index contributed by atoms with van der Waals surface area (Å²) in [7, 11) is 1.54. The van der Waals surface area contributed by atoms with Crippen molar-refractivity contribution in [1.29, 1.82) is 0 Å². The van der Waals surface area contributed by atoms with Gasteiger partial charge in [-0.2, -0.15) is 0 Å². The Hall–Kier alpha value is -3.25. The minimum atomic E-state index is -0.825. The molecule has 2 aromatic carbocycles. The third-order valence-electron chi connectivity index (χ3n) is 6.30. The molecule has 0 spiro atoms. The highest BCUT2D eigenvalue weighted by Crippen LogP contribution is 2.41. The molecule has 12 heteroatoms. The number of aromatic nitrogens is 1. The number of nitrogens with zero attached hydrogens (tertiary/aromatic N) is 2. The molecular weight excluding hydrogens is 664 g/mol. The van der Waals surface area contributed by atoms with Gasteiger partial charge in [0.1, 0.15) is 5.76 Å². The van der Waals surface area contributed by atoms with Crippen LogP contribution >= 0.6 is 50.6 Å². The Morgan fingerprint density at radius 1 is 1.17 bits per heavy atom. The summed E-state index contributed by atoms with van der Waals surface area (Å²) >= 11 is 12.3. The number of allylic oxidation sites excluding steroid dienone is 1. The van der Waals surface area contributed by atoms with Crippen LogP contribution in [0.2, 0.25) is 5.02 Å². The number of benzene rings is 2. The van der Waals surface area contributed by atoms with Gasteiger partial charge in [-0.15, -0.1) is 0 Å². The first-order valence-electron chi connectivity index (χ1n) is 13.0. The van der Waals surface area contributed by atoms with E-state index in [9.17, 15) is 9.59 Å². The van der Waals surface area contributed by atoms with E-state index in [1.807, 2.05) is 37.3 Å². The van der Waals surface area contributed by atoms with Crippen LogP contribution in [0, 0.1) is 0 Å². The Morgan fingerprint density at radius 3 is 2.62 bits per heavy atom. The molecule has 4 aromatic rings. The quantitative estimate of drug-likeness (QED) is 0.189. The van der Waals surface area contributed by atoms with Crippen molar-refractivity contribution in [3.05, 3.63) is 100 Å². The Bertz CT molecular complexity index is 1860. The van der Waals surface area contributed by atoms with E-state index in [0.717, 1.165) is 4.90 Å². The van der Waals surface area contributed by atoms with Crippen LogP contribution in [-0.2, 0) is 9.53 Å². The molecule has 0 bridgehead atoms. The predicted octanol–water partition coefficient (Wildman–Crippen LogP) is 6.37. The third kappa shape index (κ3) is 6.10. The summed E-state index contributed by atoms with van der Waals surface area (Å²) in [6.45, 7) is 5.97. The molecule has 1 atom stereocenters. The first kappa shape index (κ1) is 30.2. The van der Waals surface area contributed by atoms with Gasteiger partial charge in [-0.3, -0.25) is 9.36 Å². The molecule has 2 aromatic heterocycles. The summed E-state index contributed by atoms with van der Waals surface area (Å²) in [4.78, 5) is 33.3. The number of carbonyl (C=O) groups excluding carboxylic acids is 1. The second-order valence-corrected chi connectivity index (χ2v) is 12.4. The van der Waals surface area contributed by atoms with Gasteiger partial charge < -0.3 is 18.6 Å². The van der Waals surface area contributed by atoms with Crippen molar-refractivity contribution in [2.75, 3.05) is 20.3 Å². The lowest BCUT2D eigenvalue weighted by molar-refractivity contribution is -0.139. The normalized spacial score (nSPS) is 14.9. The van der Waals surface area contributed by atoms with Crippen molar-refractivity contribution >= 4 is 62.7 Å². The second kappa shape index (κ2) is 12.9. The fourth-order valence-electron chi connectivity index (χ4n) is 4.49. The fraction of sp³-hybridized carbons (Fsp3) is 0.233. The van der Waals surface area contributed by atoms with E-state index in [0.29, 0.717) is 59.0 Å². The largest absolute Gasteiger partial charge is 0.493 e.